The van der Waals surface area contributed by atoms with Gasteiger partial charge in [0, 0.05) is 12.5 Å². The third-order valence-corrected chi connectivity index (χ3v) is 3.09. The molecule has 1 heterocycles. The number of hydrogen-bond donors (Lipinski definition) is 1. The van der Waals surface area contributed by atoms with Crippen LogP contribution in [-0.2, 0) is 11.2 Å². The van der Waals surface area contributed by atoms with Gasteiger partial charge in [-0.25, -0.2) is 0 Å². The van der Waals surface area contributed by atoms with E-state index < -0.39 is 0 Å². The summed E-state index contributed by atoms with van der Waals surface area (Å²) < 4.78 is 10.5. The van der Waals surface area contributed by atoms with Gasteiger partial charge in [0.1, 0.15) is 5.75 Å². The Labute approximate surface area is 96.0 Å². The van der Waals surface area contributed by atoms with Crippen LogP contribution in [0.5, 0.6) is 5.75 Å². The minimum absolute atomic E-state index is 0.224. The molecule has 0 saturated carbocycles. The van der Waals surface area contributed by atoms with Crippen LogP contribution in [0.4, 0.5) is 0 Å². The Bertz CT molecular complexity index is 320. The maximum atomic E-state index is 9.83. The lowest BCUT2D eigenvalue weighted by atomic mass is 9.91. The van der Waals surface area contributed by atoms with E-state index in [9.17, 15) is 5.11 Å². The average molecular weight is 222 g/mol. The van der Waals surface area contributed by atoms with Crippen LogP contribution < -0.4 is 4.74 Å². The summed E-state index contributed by atoms with van der Waals surface area (Å²) in [5.41, 5.74) is 1.22. The van der Waals surface area contributed by atoms with Crippen molar-refractivity contribution in [2.24, 2.45) is 5.92 Å². The molecule has 0 amide bonds. The van der Waals surface area contributed by atoms with Gasteiger partial charge in [-0.3, -0.25) is 0 Å². The molecule has 3 heteroatoms. The SMILES string of the molecule is COc1ccc(C[C@H]2COCC[C@@H]2O)cc1. The molecule has 0 spiro atoms. The van der Waals surface area contributed by atoms with Gasteiger partial charge < -0.3 is 14.6 Å². The van der Waals surface area contributed by atoms with Crippen molar-refractivity contribution in [1.82, 2.24) is 0 Å². The van der Waals surface area contributed by atoms with Gasteiger partial charge in [0.05, 0.1) is 19.8 Å². The van der Waals surface area contributed by atoms with Crippen LogP contribution >= 0.6 is 0 Å². The van der Waals surface area contributed by atoms with Crippen molar-refractivity contribution in [2.45, 2.75) is 18.9 Å². The van der Waals surface area contributed by atoms with Crippen molar-refractivity contribution in [2.75, 3.05) is 20.3 Å². The van der Waals surface area contributed by atoms with Crippen LogP contribution in [0, 0.1) is 5.92 Å². The smallest absolute Gasteiger partial charge is 0.118 e. The third kappa shape index (κ3) is 2.74. The quantitative estimate of drug-likeness (QED) is 0.845. The Morgan fingerprint density at radius 3 is 2.75 bits per heavy atom. The molecule has 1 aromatic carbocycles. The van der Waals surface area contributed by atoms with Crippen molar-refractivity contribution in [1.29, 1.82) is 0 Å². The lowest BCUT2D eigenvalue weighted by Gasteiger charge is -2.27. The van der Waals surface area contributed by atoms with E-state index in [1.54, 1.807) is 7.11 Å². The lowest BCUT2D eigenvalue weighted by Crippen LogP contribution is -2.33. The van der Waals surface area contributed by atoms with Crippen LogP contribution in [0.3, 0.4) is 0 Å². The summed E-state index contributed by atoms with van der Waals surface area (Å²) in [5.74, 6) is 1.09. The Morgan fingerprint density at radius 1 is 1.38 bits per heavy atom. The summed E-state index contributed by atoms with van der Waals surface area (Å²) in [4.78, 5) is 0. The molecule has 1 aromatic rings. The van der Waals surface area contributed by atoms with E-state index in [4.69, 9.17) is 9.47 Å². The molecule has 1 fully saturated rings. The standard InChI is InChI=1S/C13H18O3/c1-15-12-4-2-10(3-5-12)8-11-9-16-7-6-13(11)14/h2-5,11,13-14H,6-9H2,1H3/t11-,13-/m0/s1. The molecular weight excluding hydrogens is 204 g/mol. The molecule has 1 N–H and O–H groups in total. The molecule has 0 aliphatic carbocycles. The molecule has 0 radical (unpaired) electrons. The van der Waals surface area contributed by atoms with E-state index in [1.807, 2.05) is 24.3 Å². The highest BCUT2D eigenvalue weighted by Gasteiger charge is 2.23. The highest BCUT2D eigenvalue weighted by molar-refractivity contribution is 5.27. The summed E-state index contributed by atoms with van der Waals surface area (Å²) in [6.45, 7) is 1.34. The summed E-state index contributed by atoms with van der Waals surface area (Å²) in [7, 11) is 1.66. The van der Waals surface area contributed by atoms with Gasteiger partial charge in [-0.2, -0.15) is 0 Å². The summed E-state index contributed by atoms with van der Waals surface area (Å²) in [6, 6.07) is 7.98. The topological polar surface area (TPSA) is 38.7 Å². The molecule has 16 heavy (non-hydrogen) atoms. The van der Waals surface area contributed by atoms with E-state index in [2.05, 4.69) is 0 Å². The maximum absolute atomic E-state index is 9.83. The van der Waals surface area contributed by atoms with E-state index in [0.717, 1.165) is 18.6 Å². The first-order valence-electron chi connectivity index (χ1n) is 5.68. The predicted molar refractivity (Wildman–Crippen MR) is 61.6 cm³/mol. The van der Waals surface area contributed by atoms with E-state index >= 15 is 0 Å². The Hall–Kier alpha value is -1.06. The summed E-state index contributed by atoms with van der Waals surface area (Å²) in [5, 5.41) is 9.83. The molecule has 1 aliphatic rings. The van der Waals surface area contributed by atoms with Crippen LogP contribution in [0.2, 0.25) is 0 Å². The van der Waals surface area contributed by atoms with Crippen LogP contribution in [0.15, 0.2) is 24.3 Å². The minimum atomic E-state index is -0.226. The van der Waals surface area contributed by atoms with Crippen molar-refractivity contribution < 1.29 is 14.6 Å². The maximum Gasteiger partial charge on any atom is 0.118 e. The predicted octanol–water partition coefficient (Wildman–Crippen LogP) is 1.64. The second kappa shape index (κ2) is 5.32. The number of aliphatic hydroxyl groups excluding tert-OH is 1. The highest BCUT2D eigenvalue weighted by atomic mass is 16.5. The van der Waals surface area contributed by atoms with Crippen LogP contribution in [-0.4, -0.2) is 31.5 Å². The van der Waals surface area contributed by atoms with Crippen molar-refractivity contribution in [3.8, 4) is 5.75 Å². The Kier molecular flexibility index (Phi) is 3.80. The summed E-state index contributed by atoms with van der Waals surface area (Å²) in [6.07, 6.45) is 1.39. The molecule has 0 bridgehead atoms. The minimum Gasteiger partial charge on any atom is -0.497 e. The number of hydrogen-bond acceptors (Lipinski definition) is 3. The molecule has 1 saturated heterocycles. The molecule has 1 aliphatic heterocycles. The number of aliphatic hydroxyl groups is 1. The number of benzene rings is 1. The molecule has 88 valence electrons. The van der Waals surface area contributed by atoms with Gasteiger partial charge in [0.25, 0.3) is 0 Å². The van der Waals surface area contributed by atoms with Crippen molar-refractivity contribution in [3.05, 3.63) is 29.8 Å². The summed E-state index contributed by atoms with van der Waals surface area (Å²) >= 11 is 0. The monoisotopic (exact) mass is 222 g/mol. The van der Waals surface area contributed by atoms with E-state index in [-0.39, 0.29) is 12.0 Å². The Balaban J connectivity index is 1.96. The third-order valence-electron chi connectivity index (χ3n) is 3.09. The molecule has 2 atom stereocenters. The fourth-order valence-corrected chi connectivity index (χ4v) is 2.04. The zero-order valence-electron chi connectivity index (χ0n) is 9.56. The largest absolute Gasteiger partial charge is 0.497 e. The molecule has 3 nitrogen and oxygen atoms in total. The first-order valence-corrected chi connectivity index (χ1v) is 5.68. The van der Waals surface area contributed by atoms with Crippen LogP contribution in [0.25, 0.3) is 0 Å². The van der Waals surface area contributed by atoms with Gasteiger partial charge in [0.2, 0.25) is 0 Å². The van der Waals surface area contributed by atoms with Gasteiger partial charge in [0.15, 0.2) is 0 Å². The zero-order chi connectivity index (χ0) is 11.4. The van der Waals surface area contributed by atoms with Gasteiger partial charge in [-0.1, -0.05) is 12.1 Å². The van der Waals surface area contributed by atoms with Crippen molar-refractivity contribution >= 4 is 0 Å². The van der Waals surface area contributed by atoms with Gasteiger partial charge >= 0.3 is 0 Å². The molecular formula is C13H18O3. The average Bonchev–Trinajstić information content (AvgIpc) is 2.33. The second-order valence-electron chi connectivity index (χ2n) is 4.24. The fourth-order valence-electron chi connectivity index (χ4n) is 2.04. The highest BCUT2D eigenvalue weighted by Crippen LogP contribution is 2.21. The number of methoxy groups -OCH3 is 1. The Morgan fingerprint density at radius 2 is 2.12 bits per heavy atom. The normalized spacial score (nSPS) is 25.4. The number of rotatable bonds is 3. The van der Waals surface area contributed by atoms with E-state index in [0.29, 0.717) is 13.2 Å². The first kappa shape index (κ1) is 11.4. The second-order valence-corrected chi connectivity index (χ2v) is 4.24. The lowest BCUT2D eigenvalue weighted by molar-refractivity contribution is -0.0350. The van der Waals surface area contributed by atoms with Crippen LogP contribution in [0.1, 0.15) is 12.0 Å². The molecule has 0 aromatic heterocycles. The van der Waals surface area contributed by atoms with Gasteiger partial charge in [-0.05, 0) is 30.5 Å². The first-order chi connectivity index (χ1) is 7.79. The van der Waals surface area contributed by atoms with Crippen molar-refractivity contribution in [3.63, 3.8) is 0 Å². The van der Waals surface area contributed by atoms with E-state index in [1.165, 1.54) is 5.56 Å². The fraction of sp³-hybridized carbons (Fsp3) is 0.538. The zero-order valence-corrected chi connectivity index (χ0v) is 9.56. The molecule has 2 rings (SSSR count). The van der Waals surface area contributed by atoms with Gasteiger partial charge in [-0.15, -0.1) is 0 Å². The molecule has 0 unspecified atom stereocenters. The number of ether oxygens (including phenoxy) is 2.